The van der Waals surface area contributed by atoms with Crippen LogP contribution in [0.4, 0.5) is 18.0 Å². The average molecular weight is 412 g/mol. The number of methoxy groups -OCH3 is 1. The Bertz CT molecular complexity index is 596. The SMILES string of the molecule is COc1ccc([C@H](C)NCC(=O)NC(=O)NCC(F)(F)F)cc1Br. The minimum Gasteiger partial charge on any atom is -0.496 e. The maximum absolute atomic E-state index is 11.9. The zero-order valence-corrected chi connectivity index (χ0v) is 14.5. The highest BCUT2D eigenvalue weighted by atomic mass is 79.9. The van der Waals surface area contributed by atoms with Gasteiger partial charge in [0, 0.05) is 6.04 Å². The summed E-state index contributed by atoms with van der Waals surface area (Å²) < 4.78 is 41.6. The lowest BCUT2D eigenvalue weighted by atomic mass is 10.1. The third-order valence-corrected chi connectivity index (χ3v) is 3.57. The maximum Gasteiger partial charge on any atom is 0.405 e. The Morgan fingerprint density at radius 1 is 1.33 bits per heavy atom. The van der Waals surface area contributed by atoms with Crippen molar-refractivity contribution in [2.75, 3.05) is 20.2 Å². The number of urea groups is 1. The van der Waals surface area contributed by atoms with Crippen LogP contribution in [0.25, 0.3) is 0 Å². The third-order valence-electron chi connectivity index (χ3n) is 2.95. The standard InChI is InChI=1S/C14H17BrF3N3O3/c1-8(9-3-4-11(24-2)10(15)5-9)19-6-12(22)21-13(23)20-7-14(16,17)18/h3-5,8,19H,6-7H2,1-2H3,(H2,20,21,22,23)/t8-/m0/s1. The Morgan fingerprint density at radius 2 is 2.00 bits per heavy atom. The average Bonchev–Trinajstić information content (AvgIpc) is 2.50. The Kier molecular flexibility index (Phi) is 7.49. The molecule has 134 valence electrons. The normalized spacial score (nSPS) is 12.4. The van der Waals surface area contributed by atoms with Crippen LogP contribution in [0, 0.1) is 0 Å². The Hall–Kier alpha value is -1.81. The first-order valence-electron chi connectivity index (χ1n) is 6.83. The summed E-state index contributed by atoms with van der Waals surface area (Å²) in [5.41, 5.74) is 0.858. The van der Waals surface area contributed by atoms with E-state index in [2.05, 4.69) is 21.2 Å². The van der Waals surface area contributed by atoms with E-state index in [1.165, 1.54) is 7.11 Å². The second-order valence-electron chi connectivity index (χ2n) is 4.84. The molecule has 1 aromatic carbocycles. The fraction of sp³-hybridized carbons (Fsp3) is 0.429. The molecule has 0 fully saturated rings. The van der Waals surface area contributed by atoms with Gasteiger partial charge < -0.3 is 15.4 Å². The number of benzene rings is 1. The molecule has 1 rings (SSSR count). The highest BCUT2D eigenvalue weighted by molar-refractivity contribution is 9.10. The van der Waals surface area contributed by atoms with Gasteiger partial charge >= 0.3 is 12.2 Å². The van der Waals surface area contributed by atoms with Crippen LogP contribution >= 0.6 is 15.9 Å². The molecule has 0 unspecified atom stereocenters. The first kappa shape index (κ1) is 20.2. The van der Waals surface area contributed by atoms with Gasteiger partial charge in [-0.05, 0) is 40.5 Å². The van der Waals surface area contributed by atoms with Crippen molar-refractivity contribution >= 4 is 27.9 Å². The summed E-state index contributed by atoms with van der Waals surface area (Å²) in [6.45, 7) is 0.0608. The molecule has 0 radical (unpaired) electrons. The number of nitrogens with one attached hydrogen (secondary N) is 3. The molecule has 0 heterocycles. The molecule has 0 saturated heterocycles. The molecular weight excluding hydrogens is 395 g/mol. The van der Waals surface area contributed by atoms with Crippen molar-refractivity contribution < 1.29 is 27.5 Å². The number of halogens is 4. The number of amides is 3. The number of ether oxygens (including phenoxy) is 1. The number of hydrogen-bond donors (Lipinski definition) is 3. The summed E-state index contributed by atoms with van der Waals surface area (Å²) in [5, 5.41) is 6.22. The third kappa shape index (κ3) is 7.18. The number of alkyl halides is 3. The summed E-state index contributed by atoms with van der Waals surface area (Å²) in [6.07, 6.45) is -4.53. The molecule has 3 amide bonds. The van der Waals surface area contributed by atoms with E-state index in [0.717, 1.165) is 10.0 Å². The molecule has 24 heavy (non-hydrogen) atoms. The van der Waals surface area contributed by atoms with Crippen LogP contribution in [0.1, 0.15) is 18.5 Å². The van der Waals surface area contributed by atoms with E-state index in [1.54, 1.807) is 24.4 Å². The number of rotatable bonds is 6. The van der Waals surface area contributed by atoms with E-state index in [9.17, 15) is 22.8 Å². The van der Waals surface area contributed by atoms with E-state index in [0.29, 0.717) is 5.75 Å². The van der Waals surface area contributed by atoms with E-state index < -0.39 is 24.7 Å². The Labute approximate surface area is 145 Å². The molecule has 1 aromatic rings. The fourth-order valence-electron chi connectivity index (χ4n) is 1.71. The summed E-state index contributed by atoms with van der Waals surface area (Å²) in [6, 6.07) is 3.94. The van der Waals surface area contributed by atoms with Gasteiger partial charge in [-0.15, -0.1) is 0 Å². The minimum absolute atomic E-state index is 0.226. The van der Waals surface area contributed by atoms with Crippen molar-refractivity contribution in [2.45, 2.75) is 19.1 Å². The van der Waals surface area contributed by atoms with Gasteiger partial charge in [-0.2, -0.15) is 13.2 Å². The monoisotopic (exact) mass is 411 g/mol. The number of carbonyl (C=O) groups is 2. The fourth-order valence-corrected chi connectivity index (χ4v) is 2.27. The largest absolute Gasteiger partial charge is 0.496 e. The van der Waals surface area contributed by atoms with Gasteiger partial charge in [0.25, 0.3) is 0 Å². The van der Waals surface area contributed by atoms with Gasteiger partial charge in [-0.25, -0.2) is 4.79 Å². The van der Waals surface area contributed by atoms with Gasteiger partial charge in [0.15, 0.2) is 0 Å². The predicted octanol–water partition coefficient (Wildman–Crippen LogP) is 2.50. The summed E-state index contributed by atoms with van der Waals surface area (Å²) in [4.78, 5) is 22.7. The van der Waals surface area contributed by atoms with Crippen LogP contribution in [-0.4, -0.2) is 38.3 Å². The van der Waals surface area contributed by atoms with Crippen LogP contribution in [0.15, 0.2) is 22.7 Å². The molecule has 3 N–H and O–H groups in total. The van der Waals surface area contributed by atoms with E-state index in [1.807, 2.05) is 11.4 Å². The van der Waals surface area contributed by atoms with E-state index in [-0.39, 0.29) is 12.6 Å². The lowest BCUT2D eigenvalue weighted by molar-refractivity contribution is -0.124. The molecule has 6 nitrogen and oxygen atoms in total. The van der Waals surface area contributed by atoms with Crippen molar-refractivity contribution in [3.63, 3.8) is 0 Å². The van der Waals surface area contributed by atoms with E-state index in [4.69, 9.17) is 4.74 Å². The lowest BCUT2D eigenvalue weighted by Crippen LogP contribution is -2.46. The van der Waals surface area contributed by atoms with Gasteiger partial charge in [0.05, 0.1) is 18.1 Å². The smallest absolute Gasteiger partial charge is 0.405 e. The molecule has 0 aliphatic heterocycles. The second-order valence-corrected chi connectivity index (χ2v) is 5.70. The maximum atomic E-state index is 11.9. The quantitative estimate of drug-likeness (QED) is 0.671. The minimum atomic E-state index is -4.53. The Morgan fingerprint density at radius 3 is 2.54 bits per heavy atom. The molecule has 10 heteroatoms. The van der Waals surface area contributed by atoms with Gasteiger partial charge in [0.2, 0.25) is 5.91 Å². The van der Waals surface area contributed by atoms with Crippen LogP contribution in [-0.2, 0) is 4.79 Å². The first-order chi connectivity index (χ1) is 11.1. The molecular formula is C14H17BrF3N3O3. The molecule has 1 atom stereocenters. The van der Waals surface area contributed by atoms with Crippen LogP contribution in [0.3, 0.4) is 0 Å². The molecule has 0 aliphatic carbocycles. The molecule has 0 spiro atoms. The zero-order valence-electron chi connectivity index (χ0n) is 13.0. The number of carbonyl (C=O) groups excluding carboxylic acids is 2. The van der Waals surface area contributed by atoms with Crippen molar-refractivity contribution in [3.8, 4) is 5.75 Å². The van der Waals surface area contributed by atoms with Crippen molar-refractivity contribution in [1.82, 2.24) is 16.0 Å². The molecule has 0 saturated carbocycles. The summed E-state index contributed by atoms with van der Waals surface area (Å²) in [7, 11) is 1.54. The van der Waals surface area contributed by atoms with Crippen LogP contribution < -0.4 is 20.7 Å². The molecule has 0 aromatic heterocycles. The molecule has 0 bridgehead atoms. The number of imide groups is 1. The summed E-state index contributed by atoms with van der Waals surface area (Å²) >= 11 is 3.34. The first-order valence-corrected chi connectivity index (χ1v) is 7.63. The van der Waals surface area contributed by atoms with Crippen molar-refractivity contribution in [1.29, 1.82) is 0 Å². The van der Waals surface area contributed by atoms with Crippen LogP contribution in [0.5, 0.6) is 5.75 Å². The zero-order chi connectivity index (χ0) is 18.3. The molecule has 0 aliphatic rings. The topological polar surface area (TPSA) is 79.5 Å². The van der Waals surface area contributed by atoms with E-state index >= 15 is 0 Å². The van der Waals surface area contributed by atoms with Crippen LogP contribution in [0.2, 0.25) is 0 Å². The predicted molar refractivity (Wildman–Crippen MR) is 84.7 cm³/mol. The Balaban J connectivity index is 2.43. The second kappa shape index (κ2) is 8.88. The highest BCUT2D eigenvalue weighted by Gasteiger charge is 2.27. The van der Waals surface area contributed by atoms with Crippen molar-refractivity contribution in [3.05, 3.63) is 28.2 Å². The van der Waals surface area contributed by atoms with Gasteiger partial charge in [-0.3, -0.25) is 10.1 Å². The van der Waals surface area contributed by atoms with Crippen molar-refractivity contribution in [2.24, 2.45) is 0 Å². The highest BCUT2D eigenvalue weighted by Crippen LogP contribution is 2.27. The number of hydrogen-bond acceptors (Lipinski definition) is 4. The van der Waals surface area contributed by atoms with Gasteiger partial charge in [0.1, 0.15) is 12.3 Å². The summed E-state index contributed by atoms with van der Waals surface area (Å²) in [5.74, 6) is -0.0841. The van der Waals surface area contributed by atoms with Gasteiger partial charge in [-0.1, -0.05) is 6.07 Å². The lowest BCUT2D eigenvalue weighted by Gasteiger charge is -2.15.